The fourth-order valence-electron chi connectivity index (χ4n) is 2.00. The SMILES string of the molecule is CCCc1c(C)nc2c(C#N)c(C)[nH]n2c1=O. The third-order valence-electron chi connectivity index (χ3n) is 2.87. The van der Waals surface area contributed by atoms with Gasteiger partial charge in [-0.05, 0) is 20.3 Å². The minimum atomic E-state index is -0.0982. The summed E-state index contributed by atoms with van der Waals surface area (Å²) >= 11 is 0. The van der Waals surface area contributed by atoms with E-state index in [0.717, 1.165) is 12.0 Å². The van der Waals surface area contributed by atoms with Crippen LogP contribution in [0.4, 0.5) is 0 Å². The summed E-state index contributed by atoms with van der Waals surface area (Å²) in [5.74, 6) is 0. The van der Waals surface area contributed by atoms with Crippen LogP contribution in [0.2, 0.25) is 0 Å². The van der Waals surface area contributed by atoms with E-state index >= 15 is 0 Å². The summed E-state index contributed by atoms with van der Waals surface area (Å²) in [5, 5.41) is 11.9. The largest absolute Gasteiger partial charge is 0.293 e. The van der Waals surface area contributed by atoms with Gasteiger partial charge in [0.25, 0.3) is 5.56 Å². The lowest BCUT2D eigenvalue weighted by Gasteiger charge is -2.03. The molecule has 0 bridgehead atoms. The summed E-state index contributed by atoms with van der Waals surface area (Å²) in [5.41, 5.74) is 2.87. The summed E-state index contributed by atoms with van der Waals surface area (Å²) < 4.78 is 1.37. The van der Waals surface area contributed by atoms with Crippen molar-refractivity contribution < 1.29 is 0 Å². The van der Waals surface area contributed by atoms with E-state index in [1.54, 1.807) is 6.92 Å². The predicted molar refractivity (Wildman–Crippen MR) is 64.0 cm³/mol. The summed E-state index contributed by atoms with van der Waals surface area (Å²) in [6.07, 6.45) is 1.61. The molecule has 17 heavy (non-hydrogen) atoms. The van der Waals surface area contributed by atoms with E-state index in [1.165, 1.54) is 4.52 Å². The lowest BCUT2D eigenvalue weighted by molar-refractivity contribution is 0.811. The number of nitriles is 1. The molecule has 0 fully saturated rings. The number of H-pyrrole nitrogens is 1. The van der Waals surface area contributed by atoms with Gasteiger partial charge in [0, 0.05) is 11.3 Å². The molecule has 2 rings (SSSR count). The molecule has 0 aliphatic heterocycles. The summed E-state index contributed by atoms with van der Waals surface area (Å²) in [6, 6.07) is 2.07. The third kappa shape index (κ3) is 1.62. The van der Waals surface area contributed by atoms with Crippen molar-refractivity contribution in [3.05, 3.63) is 32.9 Å². The zero-order chi connectivity index (χ0) is 12.6. The summed E-state index contributed by atoms with van der Waals surface area (Å²) in [7, 11) is 0. The first-order valence-electron chi connectivity index (χ1n) is 5.61. The van der Waals surface area contributed by atoms with Crippen molar-refractivity contribution in [2.45, 2.75) is 33.6 Å². The Labute approximate surface area is 98.7 Å². The van der Waals surface area contributed by atoms with Gasteiger partial charge in [-0.25, -0.2) is 4.98 Å². The van der Waals surface area contributed by atoms with Crippen LogP contribution in [0.5, 0.6) is 0 Å². The number of aromatic nitrogens is 3. The van der Waals surface area contributed by atoms with Gasteiger partial charge in [0.1, 0.15) is 11.6 Å². The van der Waals surface area contributed by atoms with Crippen LogP contribution in [0.25, 0.3) is 5.65 Å². The van der Waals surface area contributed by atoms with Gasteiger partial charge in [-0.3, -0.25) is 9.89 Å². The van der Waals surface area contributed by atoms with Crippen LogP contribution in [0.3, 0.4) is 0 Å². The zero-order valence-electron chi connectivity index (χ0n) is 10.2. The quantitative estimate of drug-likeness (QED) is 0.848. The molecule has 0 unspecified atom stereocenters. The molecule has 0 saturated carbocycles. The second kappa shape index (κ2) is 4.06. The molecule has 1 N–H and O–H groups in total. The number of aryl methyl sites for hydroxylation is 2. The maximum atomic E-state index is 12.2. The summed E-state index contributed by atoms with van der Waals surface area (Å²) in [6.45, 7) is 5.60. The Kier molecular flexibility index (Phi) is 2.72. The van der Waals surface area contributed by atoms with E-state index in [9.17, 15) is 4.79 Å². The highest BCUT2D eigenvalue weighted by atomic mass is 16.1. The van der Waals surface area contributed by atoms with E-state index in [-0.39, 0.29) is 5.56 Å². The molecule has 0 spiro atoms. The Hall–Kier alpha value is -2.09. The molecule has 5 heteroatoms. The van der Waals surface area contributed by atoms with Gasteiger partial charge in [0.15, 0.2) is 5.65 Å². The van der Waals surface area contributed by atoms with Crippen molar-refractivity contribution in [3.8, 4) is 6.07 Å². The molecule has 2 aromatic heterocycles. The highest BCUT2D eigenvalue weighted by molar-refractivity contribution is 5.57. The van der Waals surface area contributed by atoms with Gasteiger partial charge < -0.3 is 0 Å². The van der Waals surface area contributed by atoms with E-state index in [0.29, 0.717) is 29.0 Å². The minimum absolute atomic E-state index is 0.0982. The number of fused-ring (bicyclic) bond motifs is 1. The molecule has 0 radical (unpaired) electrons. The van der Waals surface area contributed by atoms with Crippen molar-refractivity contribution in [2.24, 2.45) is 0 Å². The Morgan fingerprint density at radius 1 is 1.47 bits per heavy atom. The zero-order valence-corrected chi connectivity index (χ0v) is 10.2. The van der Waals surface area contributed by atoms with Gasteiger partial charge in [-0.1, -0.05) is 13.3 Å². The number of hydrogen-bond acceptors (Lipinski definition) is 3. The second-order valence-corrected chi connectivity index (χ2v) is 4.11. The average molecular weight is 230 g/mol. The van der Waals surface area contributed by atoms with Crippen LogP contribution in [0.1, 0.15) is 35.9 Å². The van der Waals surface area contributed by atoms with Gasteiger partial charge in [-0.2, -0.15) is 9.78 Å². The third-order valence-corrected chi connectivity index (χ3v) is 2.87. The molecular weight excluding hydrogens is 216 g/mol. The molecular formula is C12H14N4O. The minimum Gasteiger partial charge on any atom is -0.293 e. The van der Waals surface area contributed by atoms with Crippen molar-refractivity contribution in [1.82, 2.24) is 14.6 Å². The Morgan fingerprint density at radius 2 is 2.18 bits per heavy atom. The van der Waals surface area contributed by atoms with Crippen LogP contribution in [-0.4, -0.2) is 14.6 Å². The average Bonchev–Trinajstić information content (AvgIpc) is 2.60. The van der Waals surface area contributed by atoms with E-state index < -0.39 is 0 Å². The number of hydrogen-bond donors (Lipinski definition) is 1. The first-order chi connectivity index (χ1) is 8.10. The maximum absolute atomic E-state index is 12.2. The maximum Gasteiger partial charge on any atom is 0.276 e. The molecule has 5 nitrogen and oxygen atoms in total. The highest BCUT2D eigenvalue weighted by Gasteiger charge is 2.15. The van der Waals surface area contributed by atoms with Crippen molar-refractivity contribution in [1.29, 1.82) is 5.26 Å². The van der Waals surface area contributed by atoms with Crippen molar-refractivity contribution >= 4 is 5.65 Å². The van der Waals surface area contributed by atoms with E-state index in [1.807, 2.05) is 13.8 Å². The van der Waals surface area contributed by atoms with Crippen molar-refractivity contribution in [3.63, 3.8) is 0 Å². The molecule has 0 aromatic carbocycles. The van der Waals surface area contributed by atoms with Crippen LogP contribution in [0.15, 0.2) is 4.79 Å². The van der Waals surface area contributed by atoms with Crippen LogP contribution < -0.4 is 5.56 Å². The fourth-order valence-corrected chi connectivity index (χ4v) is 2.00. The van der Waals surface area contributed by atoms with Gasteiger partial charge in [0.2, 0.25) is 0 Å². The van der Waals surface area contributed by atoms with E-state index in [4.69, 9.17) is 5.26 Å². The number of nitrogens with zero attached hydrogens (tertiary/aromatic N) is 3. The molecule has 0 amide bonds. The highest BCUT2D eigenvalue weighted by Crippen LogP contribution is 2.12. The predicted octanol–water partition coefficient (Wildman–Crippen LogP) is 1.46. The Morgan fingerprint density at radius 3 is 2.76 bits per heavy atom. The van der Waals surface area contributed by atoms with Crippen molar-refractivity contribution in [2.75, 3.05) is 0 Å². The Balaban J connectivity index is 2.87. The standard InChI is InChI=1S/C12H14N4O/c1-4-5-9-7(2)14-11-10(6-13)8(3)15-16(11)12(9)17/h15H,4-5H2,1-3H3. The molecule has 88 valence electrons. The van der Waals surface area contributed by atoms with Crippen LogP contribution in [-0.2, 0) is 6.42 Å². The smallest absolute Gasteiger partial charge is 0.276 e. The number of aromatic amines is 1. The molecule has 0 saturated heterocycles. The van der Waals surface area contributed by atoms with E-state index in [2.05, 4.69) is 16.2 Å². The monoisotopic (exact) mass is 230 g/mol. The second-order valence-electron chi connectivity index (χ2n) is 4.11. The summed E-state index contributed by atoms with van der Waals surface area (Å²) in [4.78, 5) is 16.6. The lowest BCUT2D eigenvalue weighted by Crippen LogP contribution is -2.21. The van der Waals surface area contributed by atoms with Gasteiger partial charge in [0.05, 0.1) is 5.69 Å². The van der Waals surface area contributed by atoms with Gasteiger partial charge in [-0.15, -0.1) is 0 Å². The van der Waals surface area contributed by atoms with Crippen LogP contribution >= 0.6 is 0 Å². The Bertz CT molecular complexity index is 672. The molecule has 0 atom stereocenters. The number of nitrogens with one attached hydrogen (secondary N) is 1. The molecule has 0 aliphatic carbocycles. The first kappa shape index (κ1) is 11.4. The topological polar surface area (TPSA) is 73.9 Å². The normalized spacial score (nSPS) is 10.7. The fraction of sp³-hybridized carbons (Fsp3) is 0.417. The molecule has 2 heterocycles. The molecule has 0 aliphatic rings. The number of rotatable bonds is 2. The lowest BCUT2D eigenvalue weighted by atomic mass is 10.1. The van der Waals surface area contributed by atoms with Crippen LogP contribution in [0, 0.1) is 25.2 Å². The first-order valence-corrected chi connectivity index (χ1v) is 5.61. The van der Waals surface area contributed by atoms with Gasteiger partial charge >= 0.3 is 0 Å². The molecule has 2 aromatic rings.